The molecular weight excluding hydrogens is 483 g/mol. The highest BCUT2D eigenvalue weighted by Crippen LogP contribution is 2.29. The second-order valence-electron chi connectivity index (χ2n) is 6.82. The fourth-order valence-corrected chi connectivity index (χ4v) is 2.72. The first-order valence-electron chi connectivity index (χ1n) is 9.50. The van der Waals surface area contributed by atoms with Gasteiger partial charge in [-0.15, -0.1) is 24.0 Å². The molecule has 0 bridgehead atoms. The van der Waals surface area contributed by atoms with Gasteiger partial charge < -0.3 is 25.3 Å². The van der Waals surface area contributed by atoms with Gasteiger partial charge in [-0.1, -0.05) is 6.07 Å². The van der Waals surface area contributed by atoms with Crippen LogP contribution in [0.3, 0.4) is 0 Å². The molecular formula is C21H29IN4O3. The molecule has 0 atom stereocenters. The molecule has 1 aliphatic carbocycles. The van der Waals surface area contributed by atoms with Gasteiger partial charge in [-0.2, -0.15) is 0 Å². The molecule has 0 radical (unpaired) electrons. The van der Waals surface area contributed by atoms with E-state index in [1.165, 1.54) is 12.8 Å². The number of ether oxygens (including phenoxy) is 3. The molecule has 2 aromatic rings. The Morgan fingerprint density at radius 2 is 1.93 bits per heavy atom. The van der Waals surface area contributed by atoms with Crippen LogP contribution >= 0.6 is 24.0 Å². The SMILES string of the molecule is COc1ccc(CCNC(N)=NCc2ccnc(OCC3CC3)c2)cc1OC.I. The summed E-state index contributed by atoms with van der Waals surface area (Å²) in [4.78, 5) is 8.63. The molecule has 1 fully saturated rings. The molecule has 158 valence electrons. The van der Waals surface area contributed by atoms with Crippen LogP contribution in [0.4, 0.5) is 0 Å². The Hall–Kier alpha value is -2.23. The minimum atomic E-state index is 0. The minimum Gasteiger partial charge on any atom is -0.493 e. The third-order valence-electron chi connectivity index (χ3n) is 4.56. The molecule has 0 aliphatic heterocycles. The van der Waals surface area contributed by atoms with Crippen LogP contribution in [0.5, 0.6) is 17.4 Å². The van der Waals surface area contributed by atoms with Crippen LogP contribution in [0.1, 0.15) is 24.0 Å². The highest BCUT2D eigenvalue weighted by Gasteiger charge is 2.22. The fourth-order valence-electron chi connectivity index (χ4n) is 2.72. The van der Waals surface area contributed by atoms with Gasteiger partial charge in [0, 0.05) is 18.8 Å². The second kappa shape index (κ2) is 11.7. The number of hydrogen-bond acceptors (Lipinski definition) is 5. The molecule has 29 heavy (non-hydrogen) atoms. The molecule has 0 spiro atoms. The zero-order chi connectivity index (χ0) is 19.8. The fraction of sp³-hybridized carbons (Fsp3) is 0.429. The van der Waals surface area contributed by atoms with E-state index in [0.717, 1.165) is 35.7 Å². The number of methoxy groups -OCH3 is 2. The molecule has 3 rings (SSSR count). The first-order valence-corrected chi connectivity index (χ1v) is 9.50. The molecule has 3 N–H and O–H groups in total. The Kier molecular flexibility index (Phi) is 9.30. The predicted octanol–water partition coefficient (Wildman–Crippen LogP) is 3.15. The lowest BCUT2D eigenvalue weighted by Crippen LogP contribution is -2.33. The summed E-state index contributed by atoms with van der Waals surface area (Å²) in [7, 11) is 3.26. The molecule has 1 saturated carbocycles. The summed E-state index contributed by atoms with van der Waals surface area (Å²) in [6.07, 6.45) is 5.06. The maximum Gasteiger partial charge on any atom is 0.213 e. The monoisotopic (exact) mass is 512 g/mol. The minimum absolute atomic E-state index is 0. The van der Waals surface area contributed by atoms with Gasteiger partial charge in [-0.3, -0.25) is 0 Å². The standard InChI is InChI=1S/C21H28N4O3.HI/c1-26-18-6-5-15(11-19(18)27-2)7-10-24-21(22)25-13-17-8-9-23-20(12-17)28-14-16-3-4-16;/h5-6,8-9,11-12,16H,3-4,7,10,13-14H2,1-2H3,(H3,22,24,25);1H. The first-order chi connectivity index (χ1) is 13.7. The van der Waals surface area contributed by atoms with Crippen molar-refractivity contribution < 1.29 is 14.2 Å². The summed E-state index contributed by atoms with van der Waals surface area (Å²) in [5.41, 5.74) is 8.13. The number of nitrogens with one attached hydrogen (secondary N) is 1. The first kappa shape index (κ1) is 23.1. The molecule has 1 aromatic carbocycles. The van der Waals surface area contributed by atoms with Crippen LogP contribution in [0.15, 0.2) is 41.5 Å². The number of halogens is 1. The number of aromatic nitrogens is 1. The highest BCUT2D eigenvalue weighted by atomic mass is 127. The molecule has 7 nitrogen and oxygen atoms in total. The number of pyridine rings is 1. The molecule has 1 aromatic heterocycles. The lowest BCUT2D eigenvalue weighted by atomic mass is 10.1. The van der Waals surface area contributed by atoms with E-state index in [0.29, 0.717) is 30.8 Å². The molecule has 8 heteroatoms. The van der Waals surface area contributed by atoms with Crippen molar-refractivity contribution in [3.05, 3.63) is 47.7 Å². The van der Waals surface area contributed by atoms with Gasteiger partial charge in [-0.05, 0) is 54.5 Å². The van der Waals surface area contributed by atoms with E-state index >= 15 is 0 Å². The summed E-state index contributed by atoms with van der Waals surface area (Å²) >= 11 is 0. The van der Waals surface area contributed by atoms with Gasteiger partial charge in [0.1, 0.15) is 0 Å². The Balaban J connectivity index is 0.00000300. The Bertz CT molecular complexity index is 812. The van der Waals surface area contributed by atoms with E-state index < -0.39 is 0 Å². The quantitative estimate of drug-likeness (QED) is 0.289. The van der Waals surface area contributed by atoms with Gasteiger partial charge in [-0.25, -0.2) is 9.98 Å². The maximum absolute atomic E-state index is 5.98. The molecule has 1 aliphatic rings. The van der Waals surface area contributed by atoms with Crippen molar-refractivity contribution in [2.24, 2.45) is 16.6 Å². The van der Waals surface area contributed by atoms with E-state index in [1.54, 1.807) is 20.4 Å². The van der Waals surface area contributed by atoms with E-state index in [-0.39, 0.29) is 24.0 Å². The zero-order valence-electron chi connectivity index (χ0n) is 16.9. The molecule has 1 heterocycles. The molecule has 0 saturated heterocycles. The molecule has 0 amide bonds. The largest absolute Gasteiger partial charge is 0.493 e. The number of nitrogens with zero attached hydrogens (tertiary/aromatic N) is 2. The summed E-state index contributed by atoms with van der Waals surface area (Å²) < 4.78 is 16.3. The summed E-state index contributed by atoms with van der Waals surface area (Å²) in [6, 6.07) is 9.72. The van der Waals surface area contributed by atoms with Crippen LogP contribution < -0.4 is 25.3 Å². The van der Waals surface area contributed by atoms with Crippen LogP contribution in [0.25, 0.3) is 0 Å². The number of nitrogens with two attached hydrogens (primary N) is 1. The third kappa shape index (κ3) is 7.60. The number of guanidine groups is 1. The Morgan fingerprint density at radius 3 is 2.66 bits per heavy atom. The summed E-state index contributed by atoms with van der Waals surface area (Å²) in [5.74, 6) is 3.21. The van der Waals surface area contributed by atoms with Crippen molar-refractivity contribution in [2.75, 3.05) is 27.4 Å². The van der Waals surface area contributed by atoms with Gasteiger partial charge >= 0.3 is 0 Å². The average Bonchev–Trinajstić information content (AvgIpc) is 3.55. The van der Waals surface area contributed by atoms with E-state index in [4.69, 9.17) is 19.9 Å². The van der Waals surface area contributed by atoms with Crippen LogP contribution in [0.2, 0.25) is 0 Å². The zero-order valence-corrected chi connectivity index (χ0v) is 19.2. The van der Waals surface area contributed by atoms with Gasteiger partial charge in [0.2, 0.25) is 5.88 Å². The Morgan fingerprint density at radius 1 is 1.14 bits per heavy atom. The van der Waals surface area contributed by atoms with Gasteiger partial charge in [0.25, 0.3) is 0 Å². The van der Waals surface area contributed by atoms with Crippen molar-refractivity contribution in [3.63, 3.8) is 0 Å². The van der Waals surface area contributed by atoms with Crippen LogP contribution in [-0.4, -0.2) is 38.3 Å². The predicted molar refractivity (Wildman–Crippen MR) is 124 cm³/mol. The lowest BCUT2D eigenvalue weighted by molar-refractivity contribution is 0.288. The van der Waals surface area contributed by atoms with Gasteiger partial charge in [0.05, 0.1) is 27.4 Å². The van der Waals surface area contributed by atoms with Crippen molar-refractivity contribution in [3.8, 4) is 17.4 Å². The number of rotatable bonds is 10. The van der Waals surface area contributed by atoms with Crippen molar-refractivity contribution in [1.82, 2.24) is 10.3 Å². The summed E-state index contributed by atoms with van der Waals surface area (Å²) in [6.45, 7) is 1.91. The number of hydrogen-bond donors (Lipinski definition) is 2. The second-order valence-corrected chi connectivity index (χ2v) is 6.82. The number of aliphatic imine (C=N–C) groups is 1. The van der Waals surface area contributed by atoms with E-state index in [9.17, 15) is 0 Å². The van der Waals surface area contributed by atoms with E-state index in [2.05, 4.69) is 15.3 Å². The third-order valence-corrected chi connectivity index (χ3v) is 4.56. The lowest BCUT2D eigenvalue weighted by Gasteiger charge is -2.10. The molecule has 0 unspecified atom stereocenters. The summed E-state index contributed by atoms with van der Waals surface area (Å²) in [5, 5.41) is 3.14. The van der Waals surface area contributed by atoms with Crippen LogP contribution in [0, 0.1) is 5.92 Å². The normalized spacial score (nSPS) is 13.4. The van der Waals surface area contributed by atoms with E-state index in [1.807, 2.05) is 30.3 Å². The average molecular weight is 512 g/mol. The van der Waals surface area contributed by atoms with Crippen molar-refractivity contribution in [2.45, 2.75) is 25.8 Å². The van der Waals surface area contributed by atoms with Crippen LogP contribution in [-0.2, 0) is 13.0 Å². The van der Waals surface area contributed by atoms with Gasteiger partial charge in [0.15, 0.2) is 17.5 Å². The topological polar surface area (TPSA) is 91.0 Å². The van der Waals surface area contributed by atoms with Crippen molar-refractivity contribution in [1.29, 1.82) is 0 Å². The maximum atomic E-state index is 5.98. The number of benzene rings is 1. The highest BCUT2D eigenvalue weighted by molar-refractivity contribution is 14.0. The smallest absolute Gasteiger partial charge is 0.213 e. The Labute approximate surface area is 189 Å². The van der Waals surface area contributed by atoms with Crippen molar-refractivity contribution >= 4 is 29.9 Å².